The zero-order valence-corrected chi connectivity index (χ0v) is 10.9. The molecule has 2 aromatic rings. The Morgan fingerprint density at radius 3 is 2.89 bits per heavy atom. The van der Waals surface area contributed by atoms with Crippen LogP contribution in [0.5, 0.6) is 0 Å². The minimum atomic E-state index is -0.510. The first-order valence-corrected chi connectivity index (χ1v) is 6.37. The van der Waals surface area contributed by atoms with Crippen molar-refractivity contribution < 1.29 is 4.39 Å². The third-order valence-electron chi connectivity index (χ3n) is 2.58. The molecule has 1 unspecified atom stereocenters. The number of aryl methyl sites for hydroxylation is 1. The number of hydrogen-bond donors (Lipinski definition) is 1. The molecule has 0 aliphatic carbocycles. The average Bonchev–Trinajstić information content (AvgIpc) is 2.76. The molecule has 92 valence electrons. The Morgan fingerprint density at radius 2 is 2.28 bits per heavy atom. The van der Waals surface area contributed by atoms with E-state index in [0.29, 0.717) is 5.69 Å². The van der Waals surface area contributed by atoms with E-state index in [9.17, 15) is 4.39 Å². The zero-order valence-electron chi connectivity index (χ0n) is 10.1. The fraction of sp³-hybridized carbons (Fsp3) is 0.231. The lowest BCUT2D eigenvalue weighted by Crippen LogP contribution is -2.08. The number of anilines is 1. The van der Waals surface area contributed by atoms with Gasteiger partial charge in [0.25, 0.3) is 0 Å². The number of thiazole rings is 1. The number of aromatic nitrogens is 1. The number of hydrogen-bond acceptors (Lipinski definition) is 4. The number of nitrogens with zero attached hydrogens (tertiary/aromatic N) is 2. The van der Waals surface area contributed by atoms with Gasteiger partial charge in [0.1, 0.15) is 17.4 Å². The highest BCUT2D eigenvalue weighted by atomic mass is 32.1. The quantitative estimate of drug-likeness (QED) is 0.917. The summed E-state index contributed by atoms with van der Waals surface area (Å²) in [5, 5.41) is 15.0. The highest BCUT2D eigenvalue weighted by molar-refractivity contribution is 7.09. The molecule has 3 nitrogen and oxygen atoms in total. The van der Waals surface area contributed by atoms with E-state index in [0.717, 1.165) is 10.7 Å². The number of halogens is 1. The van der Waals surface area contributed by atoms with Gasteiger partial charge in [-0.3, -0.25) is 0 Å². The molecule has 0 bridgehead atoms. The molecular weight excluding hydrogens is 249 g/mol. The van der Waals surface area contributed by atoms with Crippen LogP contribution in [0.1, 0.15) is 29.2 Å². The van der Waals surface area contributed by atoms with Gasteiger partial charge < -0.3 is 5.32 Å². The van der Waals surface area contributed by atoms with Gasteiger partial charge in [0, 0.05) is 5.38 Å². The van der Waals surface area contributed by atoms with E-state index in [2.05, 4.69) is 10.3 Å². The van der Waals surface area contributed by atoms with Crippen molar-refractivity contribution in [3.8, 4) is 6.07 Å². The van der Waals surface area contributed by atoms with E-state index in [-0.39, 0.29) is 11.6 Å². The van der Waals surface area contributed by atoms with E-state index < -0.39 is 5.82 Å². The van der Waals surface area contributed by atoms with Gasteiger partial charge in [-0.25, -0.2) is 9.37 Å². The molecule has 0 fully saturated rings. The number of rotatable bonds is 3. The van der Waals surface area contributed by atoms with Crippen molar-refractivity contribution in [2.45, 2.75) is 19.9 Å². The van der Waals surface area contributed by atoms with Gasteiger partial charge in [-0.2, -0.15) is 5.26 Å². The second-order valence-electron chi connectivity index (χ2n) is 3.93. The Hall–Kier alpha value is -1.93. The summed E-state index contributed by atoms with van der Waals surface area (Å²) in [6, 6.07) is 6.36. The molecule has 0 saturated carbocycles. The van der Waals surface area contributed by atoms with Gasteiger partial charge in [0.05, 0.1) is 22.4 Å². The standard InChI is InChI=1S/C13H12FN3S/c1-8(13-7-18-9(2)17-13)16-12-5-3-4-11(14)10(12)6-15/h3-5,7-8,16H,1-2H3. The number of benzene rings is 1. The van der Waals surface area contributed by atoms with E-state index in [1.807, 2.05) is 25.3 Å². The van der Waals surface area contributed by atoms with Gasteiger partial charge in [0.2, 0.25) is 0 Å². The van der Waals surface area contributed by atoms with Crippen LogP contribution >= 0.6 is 11.3 Å². The zero-order chi connectivity index (χ0) is 13.1. The second-order valence-corrected chi connectivity index (χ2v) is 4.99. The molecule has 0 amide bonds. The number of nitriles is 1. The first-order valence-electron chi connectivity index (χ1n) is 5.49. The van der Waals surface area contributed by atoms with E-state index in [1.54, 1.807) is 23.5 Å². The van der Waals surface area contributed by atoms with Crippen LogP contribution in [-0.2, 0) is 0 Å². The van der Waals surface area contributed by atoms with Crippen molar-refractivity contribution in [3.05, 3.63) is 45.7 Å². The van der Waals surface area contributed by atoms with Gasteiger partial charge in [-0.15, -0.1) is 11.3 Å². The molecule has 1 N–H and O–H groups in total. The first kappa shape index (κ1) is 12.5. The highest BCUT2D eigenvalue weighted by Gasteiger charge is 2.13. The Bertz CT molecular complexity index is 601. The smallest absolute Gasteiger partial charge is 0.143 e. The molecule has 0 aliphatic rings. The van der Waals surface area contributed by atoms with Crippen LogP contribution in [0.2, 0.25) is 0 Å². The largest absolute Gasteiger partial charge is 0.376 e. The topological polar surface area (TPSA) is 48.7 Å². The molecule has 18 heavy (non-hydrogen) atoms. The van der Waals surface area contributed by atoms with Crippen molar-refractivity contribution in [1.82, 2.24) is 4.98 Å². The summed E-state index contributed by atoms with van der Waals surface area (Å²) in [6.45, 7) is 3.87. The Kier molecular flexibility index (Phi) is 3.58. The number of nitrogens with one attached hydrogen (secondary N) is 1. The maximum Gasteiger partial charge on any atom is 0.143 e. The summed E-state index contributed by atoms with van der Waals surface area (Å²) in [7, 11) is 0. The van der Waals surface area contributed by atoms with Crippen molar-refractivity contribution in [1.29, 1.82) is 5.26 Å². The van der Waals surface area contributed by atoms with Gasteiger partial charge in [-0.05, 0) is 26.0 Å². The van der Waals surface area contributed by atoms with Crippen LogP contribution in [0.15, 0.2) is 23.6 Å². The summed E-state index contributed by atoms with van der Waals surface area (Å²) >= 11 is 1.57. The molecule has 0 saturated heterocycles. The molecule has 1 aromatic carbocycles. The molecule has 2 rings (SSSR count). The molecule has 1 atom stereocenters. The summed E-state index contributed by atoms with van der Waals surface area (Å²) in [4.78, 5) is 4.36. The molecule has 0 spiro atoms. The third-order valence-corrected chi connectivity index (χ3v) is 3.37. The predicted octanol–water partition coefficient (Wildman–Crippen LogP) is 3.64. The maximum atomic E-state index is 13.4. The highest BCUT2D eigenvalue weighted by Crippen LogP contribution is 2.24. The van der Waals surface area contributed by atoms with Crippen LogP contribution in [0.3, 0.4) is 0 Å². The summed E-state index contributed by atoms with van der Waals surface area (Å²) in [5.41, 5.74) is 1.43. The molecule has 5 heteroatoms. The summed E-state index contributed by atoms with van der Waals surface area (Å²) < 4.78 is 13.4. The lowest BCUT2D eigenvalue weighted by Gasteiger charge is -2.14. The maximum absolute atomic E-state index is 13.4. The first-order chi connectivity index (χ1) is 8.61. The minimum Gasteiger partial charge on any atom is -0.376 e. The van der Waals surface area contributed by atoms with Crippen molar-refractivity contribution >= 4 is 17.0 Å². The Morgan fingerprint density at radius 1 is 1.50 bits per heavy atom. The van der Waals surface area contributed by atoms with Gasteiger partial charge in [0.15, 0.2) is 0 Å². The molecule has 0 aliphatic heterocycles. The van der Waals surface area contributed by atoms with Crippen LogP contribution in [0.4, 0.5) is 10.1 Å². The SMILES string of the molecule is Cc1nc(C(C)Nc2cccc(F)c2C#N)cs1. The predicted molar refractivity (Wildman–Crippen MR) is 70.0 cm³/mol. The second kappa shape index (κ2) is 5.15. The summed E-state index contributed by atoms with van der Waals surface area (Å²) in [6.07, 6.45) is 0. The van der Waals surface area contributed by atoms with Gasteiger partial charge >= 0.3 is 0 Å². The molecular formula is C13H12FN3S. The van der Waals surface area contributed by atoms with Crippen LogP contribution in [-0.4, -0.2) is 4.98 Å². The minimum absolute atomic E-state index is 0.0382. The fourth-order valence-electron chi connectivity index (χ4n) is 1.64. The summed E-state index contributed by atoms with van der Waals surface area (Å²) in [5.74, 6) is -0.510. The average molecular weight is 261 g/mol. The van der Waals surface area contributed by atoms with Crippen molar-refractivity contribution in [2.24, 2.45) is 0 Å². The fourth-order valence-corrected chi connectivity index (χ4v) is 2.35. The molecule has 1 heterocycles. The van der Waals surface area contributed by atoms with Crippen molar-refractivity contribution in [2.75, 3.05) is 5.32 Å². The van der Waals surface area contributed by atoms with E-state index >= 15 is 0 Å². The monoisotopic (exact) mass is 261 g/mol. The van der Waals surface area contributed by atoms with Crippen molar-refractivity contribution in [3.63, 3.8) is 0 Å². The van der Waals surface area contributed by atoms with Crippen LogP contribution in [0.25, 0.3) is 0 Å². The third kappa shape index (κ3) is 2.49. The van der Waals surface area contributed by atoms with Crippen LogP contribution < -0.4 is 5.32 Å². The normalized spacial score (nSPS) is 11.9. The Labute approximate surface area is 109 Å². The van der Waals surface area contributed by atoms with Crippen LogP contribution in [0, 0.1) is 24.1 Å². The molecule has 0 radical (unpaired) electrons. The van der Waals surface area contributed by atoms with Gasteiger partial charge in [-0.1, -0.05) is 6.07 Å². The lowest BCUT2D eigenvalue weighted by molar-refractivity contribution is 0.624. The lowest BCUT2D eigenvalue weighted by atomic mass is 10.1. The molecule has 1 aromatic heterocycles. The van der Waals surface area contributed by atoms with E-state index in [1.165, 1.54) is 6.07 Å². The van der Waals surface area contributed by atoms with E-state index in [4.69, 9.17) is 5.26 Å². The Balaban J connectivity index is 2.25.